The van der Waals surface area contributed by atoms with Crippen LogP contribution in [-0.2, 0) is 18.3 Å². The summed E-state index contributed by atoms with van der Waals surface area (Å²) < 4.78 is 30.7. The number of nitrogens with zero attached hydrogens (tertiary/aromatic N) is 3. The van der Waals surface area contributed by atoms with Crippen LogP contribution in [0.4, 0.5) is 5.95 Å². The van der Waals surface area contributed by atoms with Crippen LogP contribution in [0.5, 0.6) is 0 Å². The van der Waals surface area contributed by atoms with Crippen molar-refractivity contribution in [2.45, 2.75) is 32.4 Å². The summed E-state index contributed by atoms with van der Waals surface area (Å²) in [6, 6.07) is -0.325. The molecular formula is C17H26N5O6P. The van der Waals surface area contributed by atoms with Crippen molar-refractivity contribution >= 4 is 24.7 Å². The van der Waals surface area contributed by atoms with Gasteiger partial charge in [0.05, 0.1) is 38.3 Å². The number of nitrogens with one attached hydrogen (secondary N) is 1. The van der Waals surface area contributed by atoms with E-state index in [1.165, 1.54) is 6.33 Å². The molecule has 160 valence electrons. The van der Waals surface area contributed by atoms with E-state index in [1.54, 1.807) is 18.4 Å². The second-order valence-corrected chi connectivity index (χ2v) is 8.67. The van der Waals surface area contributed by atoms with Crippen molar-refractivity contribution in [3.63, 3.8) is 0 Å². The van der Waals surface area contributed by atoms with Crippen molar-refractivity contribution < 1.29 is 23.5 Å². The van der Waals surface area contributed by atoms with E-state index in [0.717, 1.165) is 0 Å². The summed E-state index contributed by atoms with van der Waals surface area (Å²) in [4.78, 5) is 22.7. The fourth-order valence-corrected chi connectivity index (χ4v) is 4.98. The number of aliphatic hydroxyl groups is 1. The molecule has 29 heavy (non-hydrogen) atoms. The molecule has 0 spiro atoms. The van der Waals surface area contributed by atoms with Crippen LogP contribution in [-0.4, -0.2) is 56.9 Å². The number of rotatable bonds is 9. The lowest BCUT2D eigenvalue weighted by atomic mass is 10.0. The van der Waals surface area contributed by atoms with Crippen molar-refractivity contribution in [3.05, 3.63) is 28.8 Å². The number of aliphatic hydroxyl groups excluding tert-OH is 1. The molecule has 3 rings (SSSR count). The number of aromatic nitrogens is 4. The monoisotopic (exact) mass is 427 g/mol. The predicted octanol–water partition coefficient (Wildman–Crippen LogP) is 1.42. The molecule has 2 aromatic heterocycles. The minimum absolute atomic E-state index is 0.0197. The number of ether oxygens (including phenoxy) is 1. The molecule has 11 nitrogen and oxygen atoms in total. The van der Waals surface area contributed by atoms with E-state index in [0.29, 0.717) is 17.6 Å². The second-order valence-electron chi connectivity index (χ2n) is 6.67. The number of nitrogens with two attached hydrogens (primary N) is 1. The van der Waals surface area contributed by atoms with E-state index in [2.05, 4.69) is 21.5 Å². The number of aromatic amines is 1. The Morgan fingerprint density at radius 3 is 2.72 bits per heavy atom. The van der Waals surface area contributed by atoms with E-state index in [-0.39, 0.29) is 43.7 Å². The first kappa shape index (κ1) is 21.7. The molecule has 1 aliphatic carbocycles. The fraction of sp³-hybridized carbons (Fsp3) is 0.588. The van der Waals surface area contributed by atoms with Crippen LogP contribution < -0.4 is 11.3 Å². The van der Waals surface area contributed by atoms with Gasteiger partial charge in [-0.05, 0) is 25.8 Å². The van der Waals surface area contributed by atoms with Crippen LogP contribution >= 0.6 is 7.60 Å². The molecule has 1 aliphatic rings. The highest BCUT2D eigenvalue weighted by molar-refractivity contribution is 7.53. The third-order valence-corrected chi connectivity index (χ3v) is 6.66. The predicted molar refractivity (Wildman–Crippen MR) is 107 cm³/mol. The number of imidazole rings is 1. The third kappa shape index (κ3) is 4.29. The zero-order valence-electron chi connectivity index (χ0n) is 16.4. The molecule has 12 heteroatoms. The Kier molecular flexibility index (Phi) is 6.55. The Morgan fingerprint density at radius 1 is 1.41 bits per heavy atom. The van der Waals surface area contributed by atoms with Crippen molar-refractivity contribution in [1.82, 2.24) is 19.5 Å². The summed E-state index contributed by atoms with van der Waals surface area (Å²) in [6.45, 7) is 7.80. The highest BCUT2D eigenvalue weighted by Gasteiger charge is 2.41. The number of H-pyrrole nitrogens is 1. The topological polar surface area (TPSA) is 155 Å². The molecule has 0 saturated heterocycles. The zero-order chi connectivity index (χ0) is 21.2. The Hall–Kier alpha value is -2.04. The van der Waals surface area contributed by atoms with E-state index in [1.807, 2.05) is 0 Å². The van der Waals surface area contributed by atoms with Crippen LogP contribution in [0.15, 0.2) is 23.3 Å². The van der Waals surface area contributed by atoms with Gasteiger partial charge in [-0.3, -0.25) is 14.3 Å². The molecule has 0 radical (unpaired) electrons. The van der Waals surface area contributed by atoms with Gasteiger partial charge < -0.3 is 29.2 Å². The lowest BCUT2D eigenvalue weighted by Crippen LogP contribution is -2.23. The minimum Gasteiger partial charge on any atom is -0.396 e. The molecule has 0 aromatic carbocycles. The highest BCUT2D eigenvalue weighted by Crippen LogP contribution is 2.50. The first-order valence-corrected chi connectivity index (χ1v) is 11.1. The maximum absolute atomic E-state index is 12.7. The fourth-order valence-electron chi connectivity index (χ4n) is 3.60. The summed E-state index contributed by atoms with van der Waals surface area (Å²) in [7, 11) is -3.39. The zero-order valence-corrected chi connectivity index (χ0v) is 17.3. The number of nitrogen functional groups attached to an aromatic ring is 1. The van der Waals surface area contributed by atoms with Gasteiger partial charge in [0.25, 0.3) is 5.56 Å². The van der Waals surface area contributed by atoms with Gasteiger partial charge in [-0.2, -0.15) is 4.98 Å². The van der Waals surface area contributed by atoms with Crippen molar-refractivity contribution in [3.8, 4) is 0 Å². The molecule has 0 unspecified atom stereocenters. The molecule has 1 fully saturated rings. The van der Waals surface area contributed by atoms with Gasteiger partial charge in [0, 0.05) is 5.92 Å². The Bertz CT molecular complexity index is 978. The van der Waals surface area contributed by atoms with E-state index >= 15 is 0 Å². The molecule has 2 heterocycles. The Balaban J connectivity index is 1.84. The normalized spacial score (nSPS) is 22.6. The van der Waals surface area contributed by atoms with Crippen LogP contribution in [0.3, 0.4) is 0 Å². The van der Waals surface area contributed by atoms with Crippen molar-refractivity contribution in [1.29, 1.82) is 0 Å². The minimum atomic E-state index is -3.39. The summed E-state index contributed by atoms with van der Waals surface area (Å²) in [5.41, 5.74) is 6.41. The SMILES string of the molecule is C=C1[C@H](CO)[C@@H](OCP(=O)(OCC)OCC)C[C@@H]1n1cnc2c(=O)[nH]c(N)nc21. The number of hydrogen-bond acceptors (Lipinski definition) is 9. The molecule has 0 bridgehead atoms. The standard InChI is InChI=1S/C17H26N5O6P/c1-4-27-29(25,28-5-2)9-26-13-6-12(10(3)11(13)7-23)22-8-19-14-15(22)20-17(18)21-16(14)24/h8,11-13,23H,3-7,9H2,1-2H3,(H3,18,20,21,24)/t11-,12-,13-/m0/s1. The van der Waals surface area contributed by atoms with Crippen molar-refractivity contribution in [2.75, 3.05) is 31.9 Å². The van der Waals surface area contributed by atoms with Crippen LogP contribution in [0.25, 0.3) is 11.2 Å². The number of hydrogen-bond donors (Lipinski definition) is 3. The first-order valence-electron chi connectivity index (χ1n) is 9.35. The van der Waals surface area contributed by atoms with Crippen LogP contribution in [0.2, 0.25) is 0 Å². The van der Waals surface area contributed by atoms with Crippen LogP contribution in [0.1, 0.15) is 26.3 Å². The molecule has 3 atom stereocenters. The molecule has 4 N–H and O–H groups in total. The first-order chi connectivity index (χ1) is 13.8. The van der Waals surface area contributed by atoms with Gasteiger partial charge in [-0.1, -0.05) is 6.58 Å². The number of anilines is 1. The summed E-state index contributed by atoms with van der Waals surface area (Å²) >= 11 is 0. The van der Waals surface area contributed by atoms with E-state index in [4.69, 9.17) is 19.5 Å². The molecule has 2 aromatic rings. The second kappa shape index (κ2) is 8.76. The smallest absolute Gasteiger partial charge is 0.356 e. The lowest BCUT2D eigenvalue weighted by Gasteiger charge is -2.22. The lowest BCUT2D eigenvalue weighted by molar-refractivity contribution is 0.0285. The van der Waals surface area contributed by atoms with Crippen LogP contribution in [0, 0.1) is 5.92 Å². The van der Waals surface area contributed by atoms with Crippen molar-refractivity contribution in [2.24, 2.45) is 5.92 Å². The van der Waals surface area contributed by atoms with Gasteiger partial charge in [0.15, 0.2) is 11.2 Å². The van der Waals surface area contributed by atoms with Gasteiger partial charge in [-0.15, -0.1) is 0 Å². The molecular weight excluding hydrogens is 401 g/mol. The Morgan fingerprint density at radius 2 is 2.10 bits per heavy atom. The largest absolute Gasteiger partial charge is 0.396 e. The third-order valence-electron chi connectivity index (χ3n) is 4.89. The van der Waals surface area contributed by atoms with Gasteiger partial charge in [-0.25, -0.2) is 4.98 Å². The van der Waals surface area contributed by atoms with Gasteiger partial charge in [0.2, 0.25) is 5.95 Å². The van der Waals surface area contributed by atoms with E-state index in [9.17, 15) is 14.5 Å². The maximum Gasteiger partial charge on any atom is 0.356 e. The molecule has 0 aliphatic heterocycles. The average Bonchev–Trinajstić information content (AvgIpc) is 3.21. The quantitative estimate of drug-likeness (QED) is 0.398. The van der Waals surface area contributed by atoms with E-state index < -0.39 is 25.2 Å². The summed E-state index contributed by atoms with van der Waals surface area (Å²) in [5.74, 6) is -0.415. The maximum atomic E-state index is 12.7. The highest BCUT2D eigenvalue weighted by atomic mass is 31.2. The molecule has 0 amide bonds. The Labute approximate surface area is 167 Å². The summed E-state index contributed by atoms with van der Waals surface area (Å²) in [5, 5.41) is 9.87. The average molecular weight is 427 g/mol. The van der Waals surface area contributed by atoms with Gasteiger partial charge in [0.1, 0.15) is 6.35 Å². The summed E-state index contributed by atoms with van der Waals surface area (Å²) in [6.07, 6.45) is 1.21. The number of fused-ring (bicyclic) bond motifs is 1. The molecule has 1 saturated carbocycles. The van der Waals surface area contributed by atoms with Gasteiger partial charge >= 0.3 is 7.60 Å².